The third-order valence-electron chi connectivity index (χ3n) is 3.18. The van der Waals surface area contributed by atoms with E-state index in [4.69, 9.17) is 27.3 Å². The summed E-state index contributed by atoms with van der Waals surface area (Å²) in [6.45, 7) is 0.382. The van der Waals surface area contributed by atoms with Crippen molar-refractivity contribution in [1.82, 2.24) is 5.32 Å². The first-order valence-corrected chi connectivity index (χ1v) is 8.74. The molecule has 0 unspecified atom stereocenters. The van der Waals surface area contributed by atoms with E-state index >= 15 is 0 Å². The van der Waals surface area contributed by atoms with Crippen LogP contribution in [0.3, 0.4) is 0 Å². The maximum atomic E-state index is 11.7. The summed E-state index contributed by atoms with van der Waals surface area (Å²) in [5.74, 6) is -0.184. The predicted molar refractivity (Wildman–Crippen MR) is 106 cm³/mol. The molecule has 2 aromatic carbocycles. The van der Waals surface area contributed by atoms with E-state index in [-0.39, 0.29) is 5.57 Å². The van der Waals surface area contributed by atoms with Crippen LogP contribution in [0, 0.1) is 14.9 Å². The van der Waals surface area contributed by atoms with Gasteiger partial charge in [-0.25, -0.2) is 4.79 Å². The molecule has 8 heteroatoms. The van der Waals surface area contributed by atoms with Gasteiger partial charge in [-0.05, 0) is 64.1 Å². The lowest BCUT2D eigenvalue weighted by Crippen LogP contribution is -2.35. The molecule has 0 atom stereocenters. The highest BCUT2D eigenvalue weighted by Gasteiger charge is 2.11. The van der Waals surface area contributed by atoms with Crippen LogP contribution in [-0.2, 0) is 11.4 Å². The number of imide groups is 1. The van der Waals surface area contributed by atoms with E-state index in [1.165, 1.54) is 6.08 Å². The molecule has 0 saturated heterocycles. The maximum absolute atomic E-state index is 11.7. The van der Waals surface area contributed by atoms with Gasteiger partial charge in [0.05, 0.1) is 3.57 Å². The summed E-state index contributed by atoms with van der Waals surface area (Å²) in [5.41, 5.74) is 6.24. The van der Waals surface area contributed by atoms with Crippen LogP contribution >= 0.6 is 34.2 Å². The number of hydrogen-bond donors (Lipinski definition) is 2. The average molecular weight is 482 g/mol. The summed E-state index contributed by atoms with van der Waals surface area (Å²) in [4.78, 5) is 22.4. The lowest BCUT2D eigenvalue weighted by atomic mass is 10.1. The molecule has 0 aliphatic rings. The first kappa shape index (κ1) is 19.8. The first-order valence-electron chi connectivity index (χ1n) is 7.28. The number of ether oxygens (including phenoxy) is 1. The minimum Gasteiger partial charge on any atom is -0.488 e. The Hall–Kier alpha value is -2.57. The Morgan fingerprint density at radius 3 is 2.54 bits per heavy atom. The van der Waals surface area contributed by atoms with Crippen LogP contribution in [0.15, 0.2) is 48.0 Å². The van der Waals surface area contributed by atoms with E-state index in [0.717, 1.165) is 9.13 Å². The molecule has 3 amide bonds. The molecule has 0 bridgehead atoms. The van der Waals surface area contributed by atoms with E-state index in [9.17, 15) is 9.59 Å². The summed E-state index contributed by atoms with van der Waals surface area (Å²) in [7, 11) is 0. The van der Waals surface area contributed by atoms with Crippen LogP contribution in [0.4, 0.5) is 4.79 Å². The van der Waals surface area contributed by atoms with Crippen LogP contribution < -0.4 is 15.8 Å². The highest BCUT2D eigenvalue weighted by atomic mass is 127. The molecule has 0 spiro atoms. The van der Waals surface area contributed by atoms with Gasteiger partial charge in [0.25, 0.3) is 5.91 Å². The molecule has 2 aromatic rings. The minimum atomic E-state index is -1.02. The number of hydrogen-bond acceptors (Lipinski definition) is 4. The zero-order valence-corrected chi connectivity index (χ0v) is 16.2. The van der Waals surface area contributed by atoms with Gasteiger partial charge >= 0.3 is 6.03 Å². The fourth-order valence-corrected chi connectivity index (χ4v) is 2.78. The number of urea groups is 1. The van der Waals surface area contributed by atoms with Crippen molar-refractivity contribution < 1.29 is 14.3 Å². The summed E-state index contributed by atoms with van der Waals surface area (Å²) >= 11 is 7.95. The highest BCUT2D eigenvalue weighted by molar-refractivity contribution is 14.1. The minimum absolute atomic E-state index is 0.227. The zero-order valence-electron chi connectivity index (χ0n) is 13.3. The van der Waals surface area contributed by atoms with Crippen LogP contribution in [0.2, 0.25) is 5.02 Å². The van der Waals surface area contributed by atoms with Crippen molar-refractivity contribution in [3.63, 3.8) is 0 Å². The summed E-state index contributed by atoms with van der Waals surface area (Å²) in [6.07, 6.45) is 1.36. The lowest BCUT2D eigenvalue weighted by molar-refractivity contribution is -0.115. The van der Waals surface area contributed by atoms with E-state index in [0.29, 0.717) is 22.9 Å². The fraction of sp³-hybridized carbons (Fsp3) is 0.0556. The van der Waals surface area contributed by atoms with Crippen LogP contribution in [-0.4, -0.2) is 11.9 Å². The van der Waals surface area contributed by atoms with Crippen molar-refractivity contribution >= 4 is 52.2 Å². The van der Waals surface area contributed by atoms with Crippen molar-refractivity contribution in [2.45, 2.75) is 6.61 Å². The van der Waals surface area contributed by atoms with Gasteiger partial charge < -0.3 is 10.5 Å². The van der Waals surface area contributed by atoms with Gasteiger partial charge in [-0.2, -0.15) is 5.26 Å². The third-order valence-corrected chi connectivity index (χ3v) is 4.27. The van der Waals surface area contributed by atoms with E-state index in [1.54, 1.807) is 36.4 Å². The van der Waals surface area contributed by atoms with Crippen LogP contribution in [0.5, 0.6) is 5.75 Å². The van der Waals surface area contributed by atoms with Crippen molar-refractivity contribution in [1.29, 1.82) is 5.26 Å². The molecule has 0 aromatic heterocycles. The number of nitrogens with one attached hydrogen (secondary N) is 1. The first-order chi connectivity index (χ1) is 12.4. The molecule has 26 heavy (non-hydrogen) atoms. The van der Waals surface area contributed by atoms with E-state index < -0.39 is 11.9 Å². The molecule has 0 fully saturated rings. The van der Waals surface area contributed by atoms with Gasteiger partial charge in [0.15, 0.2) is 0 Å². The third kappa shape index (κ3) is 5.75. The molecule has 3 N–H and O–H groups in total. The Morgan fingerprint density at radius 2 is 1.96 bits per heavy atom. The number of amides is 3. The topological polar surface area (TPSA) is 105 Å². The number of carbonyl (C=O) groups excluding carboxylic acids is 2. The largest absolute Gasteiger partial charge is 0.488 e. The van der Waals surface area contributed by atoms with Crippen molar-refractivity contribution in [3.8, 4) is 11.8 Å². The monoisotopic (exact) mass is 481 g/mol. The second-order valence-corrected chi connectivity index (χ2v) is 6.69. The fourth-order valence-electron chi connectivity index (χ4n) is 1.96. The highest BCUT2D eigenvalue weighted by Crippen LogP contribution is 2.24. The quantitative estimate of drug-likeness (QED) is 0.386. The number of halogens is 2. The Balaban J connectivity index is 2.11. The SMILES string of the molecule is N#C/C(=C/c1ccc(OCc2ccc(Cl)cc2)c(I)c1)C(=O)NC(N)=O. The number of carbonyl (C=O) groups is 2. The molecular weight excluding hydrogens is 469 g/mol. The van der Waals surface area contributed by atoms with Gasteiger partial charge in [-0.15, -0.1) is 0 Å². The van der Waals surface area contributed by atoms with Crippen molar-refractivity contribution in [2.75, 3.05) is 0 Å². The maximum Gasteiger partial charge on any atom is 0.319 e. The molecule has 0 saturated carbocycles. The molecule has 0 aliphatic carbocycles. The Morgan fingerprint density at radius 1 is 1.27 bits per heavy atom. The summed E-state index contributed by atoms with van der Waals surface area (Å²) in [6, 6.07) is 13.3. The number of benzene rings is 2. The number of nitriles is 1. The summed E-state index contributed by atoms with van der Waals surface area (Å²) in [5, 5.41) is 11.6. The number of primary amides is 1. The Kier molecular flexibility index (Phi) is 7.00. The predicted octanol–water partition coefficient (Wildman–Crippen LogP) is 3.63. The second kappa shape index (κ2) is 9.22. The van der Waals surface area contributed by atoms with Crippen molar-refractivity contribution in [3.05, 3.63) is 67.8 Å². The van der Waals surface area contributed by atoms with Crippen LogP contribution in [0.25, 0.3) is 6.08 Å². The molecule has 132 valence electrons. The molecule has 6 nitrogen and oxygen atoms in total. The molecule has 0 radical (unpaired) electrons. The van der Waals surface area contributed by atoms with Gasteiger partial charge in [-0.1, -0.05) is 29.8 Å². The van der Waals surface area contributed by atoms with Gasteiger partial charge in [0.1, 0.15) is 24.0 Å². The number of nitrogens with zero attached hydrogens (tertiary/aromatic N) is 1. The smallest absolute Gasteiger partial charge is 0.319 e. The lowest BCUT2D eigenvalue weighted by Gasteiger charge is -2.09. The van der Waals surface area contributed by atoms with Gasteiger partial charge in [-0.3, -0.25) is 10.1 Å². The molecular formula is C18H13ClIN3O3. The van der Waals surface area contributed by atoms with Gasteiger partial charge in [0.2, 0.25) is 0 Å². The molecule has 2 rings (SSSR count). The molecule has 0 aliphatic heterocycles. The van der Waals surface area contributed by atoms with Gasteiger partial charge in [0, 0.05) is 5.02 Å². The van der Waals surface area contributed by atoms with Crippen molar-refractivity contribution in [2.24, 2.45) is 5.73 Å². The number of nitrogens with two attached hydrogens (primary N) is 1. The Labute approximate surface area is 168 Å². The van der Waals surface area contributed by atoms with E-state index in [1.807, 2.05) is 17.4 Å². The summed E-state index contributed by atoms with van der Waals surface area (Å²) < 4.78 is 6.58. The molecule has 0 heterocycles. The average Bonchev–Trinajstić information content (AvgIpc) is 2.59. The normalized spacial score (nSPS) is 10.7. The Bertz CT molecular complexity index is 905. The van der Waals surface area contributed by atoms with E-state index in [2.05, 4.69) is 22.6 Å². The second-order valence-electron chi connectivity index (χ2n) is 5.09. The zero-order chi connectivity index (χ0) is 19.1. The number of rotatable bonds is 5. The standard InChI is InChI=1S/C18H13ClIN3O3/c19-14-4-1-11(2-5-14)10-26-16-6-3-12(8-15(16)20)7-13(9-21)17(24)23-18(22)25/h1-8H,10H2,(H3,22,23,24,25)/b13-7-. The van der Waals surface area contributed by atoms with Crippen LogP contribution in [0.1, 0.15) is 11.1 Å².